The molecule has 2 fully saturated rings. The van der Waals surface area contributed by atoms with Crippen LogP contribution in [0.1, 0.15) is 11.1 Å². The van der Waals surface area contributed by atoms with Crippen LogP contribution in [0.3, 0.4) is 0 Å². The topological polar surface area (TPSA) is 70.7 Å². The van der Waals surface area contributed by atoms with Crippen molar-refractivity contribution in [1.82, 2.24) is 10.2 Å². The van der Waals surface area contributed by atoms with E-state index in [-0.39, 0.29) is 24.1 Å². The second kappa shape index (κ2) is 8.77. The Morgan fingerprint density at radius 3 is 2.18 bits per heavy atom. The van der Waals surface area contributed by atoms with Crippen molar-refractivity contribution in [2.75, 3.05) is 25.0 Å². The van der Waals surface area contributed by atoms with Gasteiger partial charge in [-0.05, 0) is 24.3 Å². The molecular weight excluding hydrogens is 421 g/mol. The summed E-state index contributed by atoms with van der Waals surface area (Å²) in [6.45, 7) is 0.822. The average Bonchev–Trinajstić information content (AvgIpc) is 3.18. The lowest BCUT2D eigenvalue weighted by molar-refractivity contribution is -0.152. The molecule has 2 atom stereocenters. The van der Waals surface area contributed by atoms with Crippen molar-refractivity contribution in [1.29, 1.82) is 0 Å². The zero-order chi connectivity index (χ0) is 22.8. The fourth-order valence-electron chi connectivity index (χ4n) is 4.73. The van der Waals surface area contributed by atoms with Crippen LogP contribution in [0.2, 0.25) is 0 Å². The quantitative estimate of drug-likeness (QED) is 0.569. The molecule has 0 saturated carbocycles. The number of ketones is 1. The van der Waals surface area contributed by atoms with E-state index in [0.29, 0.717) is 18.8 Å². The Bertz CT molecular complexity index is 1100. The highest BCUT2D eigenvalue weighted by atomic mass is 19.1. The number of benzene rings is 3. The second-order valence-electron chi connectivity index (χ2n) is 8.22. The summed E-state index contributed by atoms with van der Waals surface area (Å²) < 4.78 is 19.4. The number of piperazine rings is 1. The molecule has 5 rings (SSSR count). The number of cyclic esters (lactones) is 1. The van der Waals surface area contributed by atoms with Crippen LogP contribution in [0, 0.1) is 5.82 Å². The van der Waals surface area contributed by atoms with E-state index in [9.17, 15) is 14.0 Å². The molecular formula is C26H24FN3O3. The molecule has 2 aliphatic rings. The maximum Gasteiger partial charge on any atom is 0.327 e. The average molecular weight is 445 g/mol. The number of carbonyl (C=O) groups is 2. The Morgan fingerprint density at radius 2 is 1.58 bits per heavy atom. The summed E-state index contributed by atoms with van der Waals surface area (Å²) in [7, 11) is 0. The number of esters is 1. The Kier molecular flexibility index (Phi) is 5.66. The Hall–Kier alpha value is -3.55. The van der Waals surface area contributed by atoms with Gasteiger partial charge in [-0.2, -0.15) is 0 Å². The van der Waals surface area contributed by atoms with Crippen molar-refractivity contribution in [3.05, 3.63) is 102 Å². The van der Waals surface area contributed by atoms with Crippen LogP contribution in [0.15, 0.2) is 84.9 Å². The van der Waals surface area contributed by atoms with Gasteiger partial charge in [-0.15, -0.1) is 0 Å². The van der Waals surface area contributed by atoms with Crippen molar-refractivity contribution in [2.24, 2.45) is 0 Å². The fourth-order valence-corrected chi connectivity index (χ4v) is 4.73. The van der Waals surface area contributed by atoms with E-state index in [1.54, 1.807) is 12.1 Å². The number of hydrogen-bond acceptors (Lipinski definition) is 6. The molecule has 33 heavy (non-hydrogen) atoms. The number of rotatable bonds is 6. The molecule has 7 heteroatoms. The highest BCUT2D eigenvalue weighted by Gasteiger charge is 2.60. The van der Waals surface area contributed by atoms with E-state index in [1.165, 1.54) is 12.1 Å². The van der Waals surface area contributed by atoms with Gasteiger partial charge in [0.05, 0.1) is 12.6 Å². The third-order valence-electron chi connectivity index (χ3n) is 6.24. The smallest absolute Gasteiger partial charge is 0.327 e. The van der Waals surface area contributed by atoms with E-state index >= 15 is 0 Å². The molecule has 0 amide bonds. The van der Waals surface area contributed by atoms with Crippen LogP contribution in [-0.4, -0.2) is 48.4 Å². The number of nitrogens with one attached hydrogen (secondary N) is 2. The second-order valence-corrected chi connectivity index (χ2v) is 8.22. The number of halogens is 1. The first-order chi connectivity index (χ1) is 16.1. The van der Waals surface area contributed by atoms with Gasteiger partial charge in [0.15, 0.2) is 5.78 Å². The lowest BCUT2D eigenvalue weighted by Gasteiger charge is -2.44. The maximum absolute atomic E-state index is 13.5. The molecule has 2 heterocycles. The molecule has 2 N–H and O–H groups in total. The predicted octanol–water partition coefficient (Wildman–Crippen LogP) is 2.91. The molecule has 0 aromatic heterocycles. The standard InChI is InChI=1S/C26H24FN3O3/c27-20-11-13-21(14-12-20)29-17-24(31)22-15-28-16-23-25(32)33-26(30(22)23,18-7-3-1-4-8-18)19-9-5-2-6-10-19/h1-14,22-23,28-29H,15-17H2. The minimum absolute atomic E-state index is 0.0368. The Labute approximate surface area is 191 Å². The van der Waals surface area contributed by atoms with E-state index < -0.39 is 17.8 Å². The number of Topliss-reactive ketones (excluding diaryl/α,β-unsaturated/α-hetero) is 1. The van der Waals surface area contributed by atoms with Crippen LogP contribution >= 0.6 is 0 Å². The summed E-state index contributed by atoms with van der Waals surface area (Å²) in [5, 5.41) is 6.29. The van der Waals surface area contributed by atoms with E-state index in [1.807, 2.05) is 65.6 Å². The molecule has 0 radical (unpaired) electrons. The normalized spacial score (nSPS) is 21.8. The number of fused-ring (bicyclic) bond motifs is 1. The molecule has 0 aliphatic carbocycles. The van der Waals surface area contributed by atoms with Crippen LogP contribution in [-0.2, 0) is 20.1 Å². The predicted molar refractivity (Wildman–Crippen MR) is 122 cm³/mol. The largest absolute Gasteiger partial charge is 0.434 e. The van der Waals surface area contributed by atoms with E-state index in [4.69, 9.17) is 4.74 Å². The summed E-state index contributed by atoms with van der Waals surface area (Å²) >= 11 is 0. The SMILES string of the molecule is O=C(CNc1ccc(F)cc1)C1CNCC2C(=O)OC(c3ccccc3)(c3ccccc3)N12. The molecule has 6 nitrogen and oxygen atoms in total. The molecule has 0 bridgehead atoms. The summed E-state index contributed by atoms with van der Waals surface area (Å²) in [6.07, 6.45) is 0. The van der Waals surface area contributed by atoms with Crippen molar-refractivity contribution < 1.29 is 18.7 Å². The molecule has 3 aromatic rings. The highest BCUT2D eigenvalue weighted by molar-refractivity contribution is 5.90. The van der Waals surface area contributed by atoms with Gasteiger partial charge in [0.1, 0.15) is 11.9 Å². The highest BCUT2D eigenvalue weighted by Crippen LogP contribution is 2.45. The maximum atomic E-state index is 13.5. The summed E-state index contributed by atoms with van der Waals surface area (Å²) in [5.41, 5.74) is 1.02. The van der Waals surface area contributed by atoms with Gasteiger partial charge < -0.3 is 15.4 Å². The van der Waals surface area contributed by atoms with Gasteiger partial charge in [-0.3, -0.25) is 9.59 Å². The number of carbonyl (C=O) groups excluding carboxylic acids is 2. The minimum Gasteiger partial charge on any atom is -0.434 e. The number of nitrogens with zero attached hydrogens (tertiary/aromatic N) is 1. The van der Waals surface area contributed by atoms with Crippen molar-refractivity contribution in [3.63, 3.8) is 0 Å². The van der Waals surface area contributed by atoms with Crippen LogP contribution in [0.25, 0.3) is 0 Å². The third kappa shape index (κ3) is 3.79. The van der Waals surface area contributed by atoms with Crippen LogP contribution < -0.4 is 10.6 Å². The van der Waals surface area contributed by atoms with Gasteiger partial charge in [0.25, 0.3) is 0 Å². The number of hydrogen-bond donors (Lipinski definition) is 2. The zero-order valence-electron chi connectivity index (χ0n) is 17.9. The first-order valence-corrected chi connectivity index (χ1v) is 10.9. The molecule has 2 unspecified atom stereocenters. The first kappa shape index (κ1) is 21.3. The Balaban J connectivity index is 1.53. The summed E-state index contributed by atoms with van der Waals surface area (Å²) in [5.74, 6) is -0.792. The monoisotopic (exact) mass is 445 g/mol. The van der Waals surface area contributed by atoms with Gasteiger partial charge in [-0.1, -0.05) is 60.7 Å². The van der Waals surface area contributed by atoms with Gasteiger partial charge in [0.2, 0.25) is 5.72 Å². The third-order valence-corrected chi connectivity index (χ3v) is 6.24. The summed E-state index contributed by atoms with van der Waals surface area (Å²) in [6, 6.07) is 23.7. The van der Waals surface area contributed by atoms with Crippen molar-refractivity contribution in [3.8, 4) is 0 Å². The van der Waals surface area contributed by atoms with Gasteiger partial charge in [0, 0.05) is 29.9 Å². The molecule has 0 spiro atoms. The summed E-state index contributed by atoms with van der Waals surface area (Å²) in [4.78, 5) is 28.5. The zero-order valence-corrected chi connectivity index (χ0v) is 17.9. The lowest BCUT2D eigenvalue weighted by Crippen LogP contribution is -2.64. The van der Waals surface area contributed by atoms with Crippen LogP contribution in [0.4, 0.5) is 10.1 Å². The van der Waals surface area contributed by atoms with Gasteiger partial charge in [-0.25, -0.2) is 9.29 Å². The Morgan fingerprint density at radius 1 is 0.970 bits per heavy atom. The van der Waals surface area contributed by atoms with Crippen molar-refractivity contribution >= 4 is 17.4 Å². The first-order valence-electron chi connectivity index (χ1n) is 10.9. The van der Waals surface area contributed by atoms with Crippen molar-refractivity contribution in [2.45, 2.75) is 17.8 Å². The molecule has 2 saturated heterocycles. The molecule has 2 aliphatic heterocycles. The molecule has 168 valence electrons. The van der Waals surface area contributed by atoms with Crippen LogP contribution in [0.5, 0.6) is 0 Å². The number of ether oxygens (including phenoxy) is 1. The lowest BCUT2D eigenvalue weighted by atomic mass is 9.89. The minimum atomic E-state index is -1.21. The van der Waals surface area contributed by atoms with Gasteiger partial charge >= 0.3 is 5.97 Å². The molecule has 3 aromatic carbocycles. The fraction of sp³-hybridized carbons (Fsp3) is 0.231. The van der Waals surface area contributed by atoms with E-state index in [0.717, 1.165) is 11.1 Å². The number of anilines is 1. The van der Waals surface area contributed by atoms with E-state index in [2.05, 4.69) is 10.6 Å².